The minimum atomic E-state index is -0.0964. The first-order valence-corrected chi connectivity index (χ1v) is 6.26. The van der Waals surface area contributed by atoms with E-state index in [0.717, 1.165) is 11.1 Å². The minimum Gasteiger partial charge on any atom is -0.309 e. The van der Waals surface area contributed by atoms with E-state index in [1.165, 1.54) is 6.20 Å². The second-order valence-electron chi connectivity index (χ2n) is 3.88. The van der Waals surface area contributed by atoms with Crippen LogP contribution in [0.2, 0.25) is 0 Å². The number of aryl methyl sites for hydroxylation is 1. The molecule has 1 amide bonds. The molecule has 0 unspecified atom stereocenters. The van der Waals surface area contributed by atoms with Crippen LogP contribution in [0.5, 0.6) is 0 Å². The molecule has 0 aliphatic heterocycles. The highest BCUT2D eigenvalue weighted by Gasteiger charge is 2.06. The summed E-state index contributed by atoms with van der Waals surface area (Å²) in [5.41, 5.74) is 2.12. The van der Waals surface area contributed by atoms with Crippen molar-refractivity contribution in [2.45, 2.75) is 13.3 Å². The minimum absolute atomic E-state index is 0.0964. The number of amides is 1. The number of benzene rings is 1. The summed E-state index contributed by atoms with van der Waals surface area (Å²) in [6.45, 7) is 1.99. The summed E-state index contributed by atoms with van der Waals surface area (Å²) in [7, 11) is 0. The Morgan fingerprint density at radius 2 is 2.06 bits per heavy atom. The monoisotopic (exact) mass is 305 g/mol. The summed E-state index contributed by atoms with van der Waals surface area (Å²) in [6.07, 6.45) is 3.40. The van der Waals surface area contributed by atoms with Gasteiger partial charge in [0, 0.05) is 0 Å². The van der Waals surface area contributed by atoms with Gasteiger partial charge in [0.25, 0.3) is 0 Å². The molecule has 1 aromatic carbocycles. The van der Waals surface area contributed by atoms with Gasteiger partial charge in [-0.3, -0.25) is 4.79 Å². The van der Waals surface area contributed by atoms with Crippen molar-refractivity contribution in [3.05, 3.63) is 52.4 Å². The Morgan fingerprint density at radius 3 is 2.72 bits per heavy atom. The lowest BCUT2D eigenvalue weighted by atomic mass is 10.1. The molecule has 1 heterocycles. The molecule has 0 bridgehead atoms. The van der Waals surface area contributed by atoms with Crippen LogP contribution in [0.15, 0.2) is 41.3 Å². The lowest BCUT2D eigenvalue weighted by Crippen LogP contribution is -2.16. The average Bonchev–Trinajstić information content (AvgIpc) is 2.35. The fourth-order valence-electron chi connectivity index (χ4n) is 1.55. The van der Waals surface area contributed by atoms with Gasteiger partial charge in [-0.15, -0.1) is 0 Å². The number of nitrogens with zero attached hydrogens (tertiary/aromatic N) is 2. The molecule has 1 N–H and O–H groups in total. The Hall–Kier alpha value is -1.75. The van der Waals surface area contributed by atoms with Gasteiger partial charge in [-0.2, -0.15) is 0 Å². The molecule has 2 rings (SSSR count). The van der Waals surface area contributed by atoms with Crippen molar-refractivity contribution in [2.75, 3.05) is 5.32 Å². The van der Waals surface area contributed by atoms with E-state index in [2.05, 4.69) is 31.2 Å². The molecular formula is C13H12BrN3O. The molecule has 0 saturated heterocycles. The summed E-state index contributed by atoms with van der Waals surface area (Å²) >= 11 is 3.19. The van der Waals surface area contributed by atoms with E-state index in [4.69, 9.17) is 0 Å². The molecule has 1 aromatic heterocycles. The van der Waals surface area contributed by atoms with Crippen LogP contribution < -0.4 is 5.32 Å². The van der Waals surface area contributed by atoms with Crippen molar-refractivity contribution in [3.8, 4) is 0 Å². The van der Waals surface area contributed by atoms with E-state index >= 15 is 0 Å². The molecule has 0 aliphatic carbocycles. The Bertz CT molecular complexity index is 554. The molecule has 0 radical (unpaired) electrons. The Kier molecular flexibility index (Phi) is 4.04. The van der Waals surface area contributed by atoms with Gasteiger partial charge in [-0.05, 0) is 34.0 Å². The number of halogens is 1. The number of carbonyl (C=O) groups is 1. The van der Waals surface area contributed by atoms with Gasteiger partial charge in [0.05, 0.1) is 18.8 Å². The number of carbonyl (C=O) groups excluding carboxylic acids is 1. The first-order chi connectivity index (χ1) is 8.65. The van der Waals surface area contributed by atoms with Gasteiger partial charge >= 0.3 is 0 Å². The molecule has 92 valence electrons. The van der Waals surface area contributed by atoms with E-state index in [0.29, 0.717) is 16.8 Å². The zero-order valence-electron chi connectivity index (χ0n) is 9.85. The van der Waals surface area contributed by atoms with Gasteiger partial charge in [-0.25, -0.2) is 9.97 Å². The molecule has 18 heavy (non-hydrogen) atoms. The maximum Gasteiger partial charge on any atom is 0.229 e. The summed E-state index contributed by atoms with van der Waals surface area (Å²) in [5, 5.41) is 2.71. The van der Waals surface area contributed by atoms with Crippen molar-refractivity contribution in [2.24, 2.45) is 0 Å². The quantitative estimate of drug-likeness (QED) is 0.948. The van der Waals surface area contributed by atoms with Crippen LogP contribution in [0.25, 0.3) is 0 Å². The zero-order valence-corrected chi connectivity index (χ0v) is 11.4. The second-order valence-corrected chi connectivity index (χ2v) is 4.69. The number of aromatic nitrogens is 2. The maximum atomic E-state index is 11.8. The summed E-state index contributed by atoms with van der Waals surface area (Å²) in [4.78, 5) is 19.9. The number of rotatable bonds is 3. The largest absolute Gasteiger partial charge is 0.309 e. The van der Waals surface area contributed by atoms with Gasteiger partial charge < -0.3 is 5.32 Å². The third-order valence-corrected chi connectivity index (χ3v) is 2.91. The normalized spacial score (nSPS) is 10.1. The first-order valence-electron chi connectivity index (χ1n) is 5.47. The molecule has 0 saturated carbocycles. The van der Waals surface area contributed by atoms with Crippen molar-refractivity contribution >= 4 is 27.7 Å². The van der Waals surface area contributed by atoms with Crippen LogP contribution in [0.4, 0.5) is 5.82 Å². The molecule has 4 nitrogen and oxygen atoms in total. The van der Waals surface area contributed by atoms with Crippen LogP contribution in [0.3, 0.4) is 0 Å². The fraction of sp³-hybridized carbons (Fsp3) is 0.154. The van der Waals surface area contributed by atoms with Crippen LogP contribution in [-0.4, -0.2) is 15.9 Å². The number of hydrogen-bond acceptors (Lipinski definition) is 3. The lowest BCUT2D eigenvalue weighted by Gasteiger charge is -2.06. The molecule has 2 aromatic rings. The first kappa shape index (κ1) is 12.7. The van der Waals surface area contributed by atoms with Crippen molar-refractivity contribution < 1.29 is 4.79 Å². The Morgan fingerprint density at radius 1 is 1.28 bits per heavy atom. The standard InChI is InChI=1S/C13H12BrN3O/c1-9-4-2-3-5-10(9)6-13(18)17-12-8-15-11(14)7-16-12/h2-5,7-8H,6H2,1H3,(H,16,17,18). The van der Waals surface area contributed by atoms with E-state index in [-0.39, 0.29) is 5.91 Å². The van der Waals surface area contributed by atoms with Crippen LogP contribution in [0, 0.1) is 6.92 Å². The molecule has 5 heteroatoms. The van der Waals surface area contributed by atoms with Crippen molar-refractivity contribution in [1.82, 2.24) is 9.97 Å². The molecule has 0 fully saturated rings. The molecular weight excluding hydrogens is 294 g/mol. The van der Waals surface area contributed by atoms with Gasteiger partial charge in [0.15, 0.2) is 5.82 Å². The van der Waals surface area contributed by atoms with E-state index in [9.17, 15) is 4.79 Å². The SMILES string of the molecule is Cc1ccccc1CC(=O)Nc1cnc(Br)cn1. The third kappa shape index (κ3) is 3.37. The highest BCUT2D eigenvalue weighted by atomic mass is 79.9. The molecule has 0 aliphatic rings. The highest BCUT2D eigenvalue weighted by molar-refractivity contribution is 9.10. The number of anilines is 1. The fourth-order valence-corrected chi connectivity index (χ4v) is 1.75. The number of hydrogen-bond donors (Lipinski definition) is 1. The van der Waals surface area contributed by atoms with E-state index < -0.39 is 0 Å². The Balaban J connectivity index is 2.01. The topological polar surface area (TPSA) is 54.9 Å². The van der Waals surface area contributed by atoms with Gasteiger partial charge in [0.2, 0.25) is 5.91 Å². The molecule has 0 spiro atoms. The summed E-state index contributed by atoms with van der Waals surface area (Å²) in [5.74, 6) is 0.359. The second kappa shape index (κ2) is 5.73. The van der Waals surface area contributed by atoms with Crippen LogP contribution in [0.1, 0.15) is 11.1 Å². The zero-order chi connectivity index (χ0) is 13.0. The Labute approximate surface area is 114 Å². The van der Waals surface area contributed by atoms with Gasteiger partial charge in [0.1, 0.15) is 4.60 Å². The lowest BCUT2D eigenvalue weighted by molar-refractivity contribution is -0.115. The summed E-state index contributed by atoms with van der Waals surface area (Å²) < 4.78 is 0.638. The summed E-state index contributed by atoms with van der Waals surface area (Å²) in [6, 6.07) is 7.82. The van der Waals surface area contributed by atoms with Gasteiger partial charge in [-0.1, -0.05) is 24.3 Å². The number of nitrogens with one attached hydrogen (secondary N) is 1. The smallest absolute Gasteiger partial charge is 0.229 e. The molecule has 0 atom stereocenters. The predicted octanol–water partition coefficient (Wildman–Crippen LogP) is 2.73. The van der Waals surface area contributed by atoms with Crippen molar-refractivity contribution in [3.63, 3.8) is 0 Å². The predicted molar refractivity (Wildman–Crippen MR) is 73.2 cm³/mol. The van der Waals surface area contributed by atoms with Crippen molar-refractivity contribution in [1.29, 1.82) is 0 Å². The highest BCUT2D eigenvalue weighted by Crippen LogP contribution is 2.10. The third-order valence-electron chi connectivity index (χ3n) is 2.50. The van der Waals surface area contributed by atoms with E-state index in [1.54, 1.807) is 6.20 Å². The van der Waals surface area contributed by atoms with Crippen LogP contribution >= 0.6 is 15.9 Å². The average molecular weight is 306 g/mol. The maximum absolute atomic E-state index is 11.8. The van der Waals surface area contributed by atoms with Crippen LogP contribution in [-0.2, 0) is 11.2 Å². The van der Waals surface area contributed by atoms with E-state index in [1.807, 2.05) is 31.2 Å².